The van der Waals surface area contributed by atoms with Crippen LogP contribution in [0.3, 0.4) is 0 Å². The van der Waals surface area contributed by atoms with Crippen LogP contribution >= 0.6 is 11.3 Å². The first-order valence-corrected chi connectivity index (χ1v) is 7.55. The Bertz CT molecular complexity index is 550. The Balaban J connectivity index is 2.24. The van der Waals surface area contributed by atoms with Crippen molar-refractivity contribution in [3.05, 3.63) is 21.9 Å². The summed E-state index contributed by atoms with van der Waals surface area (Å²) >= 11 is 1.52. The summed E-state index contributed by atoms with van der Waals surface area (Å²) in [6.07, 6.45) is 0.856. The summed E-state index contributed by atoms with van der Waals surface area (Å²) in [5, 5.41) is 4.22. The summed E-state index contributed by atoms with van der Waals surface area (Å²) in [5.74, 6) is -1.80. The predicted molar refractivity (Wildman–Crippen MR) is 76.1 cm³/mol. The van der Waals surface area contributed by atoms with Gasteiger partial charge in [0.1, 0.15) is 5.92 Å². The lowest BCUT2D eigenvalue weighted by atomic mass is 9.92. The van der Waals surface area contributed by atoms with E-state index in [9.17, 15) is 14.4 Å². The van der Waals surface area contributed by atoms with E-state index >= 15 is 0 Å². The summed E-state index contributed by atoms with van der Waals surface area (Å²) in [6.45, 7) is 5.88. The van der Waals surface area contributed by atoms with E-state index in [0.717, 1.165) is 21.8 Å². The molecule has 108 valence electrons. The number of amides is 4. The Labute approximate surface area is 122 Å². The van der Waals surface area contributed by atoms with E-state index in [1.54, 1.807) is 13.8 Å². The van der Waals surface area contributed by atoms with Gasteiger partial charge in [-0.05, 0) is 29.3 Å². The molecule has 1 N–H and O–H groups in total. The van der Waals surface area contributed by atoms with Gasteiger partial charge >= 0.3 is 6.03 Å². The van der Waals surface area contributed by atoms with Crippen molar-refractivity contribution in [2.75, 3.05) is 0 Å². The Hall–Kier alpha value is -1.69. The van der Waals surface area contributed by atoms with Crippen molar-refractivity contribution in [1.29, 1.82) is 0 Å². The Kier molecular flexibility index (Phi) is 4.23. The van der Waals surface area contributed by atoms with E-state index < -0.39 is 23.8 Å². The van der Waals surface area contributed by atoms with Gasteiger partial charge in [-0.3, -0.25) is 19.8 Å². The number of aryl methyl sites for hydroxylation is 1. The van der Waals surface area contributed by atoms with Crippen LogP contribution in [-0.2, 0) is 22.6 Å². The second kappa shape index (κ2) is 5.75. The van der Waals surface area contributed by atoms with Crippen molar-refractivity contribution in [3.63, 3.8) is 0 Å². The molecular weight excluding hydrogens is 276 g/mol. The largest absolute Gasteiger partial charge is 0.331 e. The summed E-state index contributed by atoms with van der Waals surface area (Å²) in [7, 11) is 0. The van der Waals surface area contributed by atoms with E-state index in [1.807, 2.05) is 18.4 Å². The maximum Gasteiger partial charge on any atom is 0.331 e. The van der Waals surface area contributed by atoms with Gasteiger partial charge < -0.3 is 0 Å². The second-order valence-corrected chi connectivity index (χ2v) is 6.16. The summed E-state index contributed by atoms with van der Waals surface area (Å²) in [6, 6.07) is 1.38. The molecule has 20 heavy (non-hydrogen) atoms. The van der Waals surface area contributed by atoms with Gasteiger partial charge in [-0.1, -0.05) is 20.8 Å². The number of nitrogens with zero attached hydrogens (tertiary/aromatic N) is 1. The molecule has 0 radical (unpaired) electrons. The van der Waals surface area contributed by atoms with Crippen LogP contribution in [0.15, 0.2) is 11.4 Å². The average molecular weight is 294 g/mol. The number of barbiturate groups is 1. The van der Waals surface area contributed by atoms with Crippen LogP contribution in [-0.4, -0.2) is 22.7 Å². The monoisotopic (exact) mass is 294 g/mol. The lowest BCUT2D eigenvalue weighted by Crippen LogP contribution is -2.58. The van der Waals surface area contributed by atoms with Crippen molar-refractivity contribution < 1.29 is 14.4 Å². The molecule has 1 aliphatic rings. The Morgan fingerprint density at radius 2 is 2.05 bits per heavy atom. The molecule has 4 amide bonds. The van der Waals surface area contributed by atoms with Crippen molar-refractivity contribution in [2.24, 2.45) is 11.8 Å². The van der Waals surface area contributed by atoms with Gasteiger partial charge in [0, 0.05) is 4.88 Å². The first-order valence-electron chi connectivity index (χ1n) is 6.67. The normalized spacial score (nSPS) is 19.7. The van der Waals surface area contributed by atoms with E-state index in [-0.39, 0.29) is 12.5 Å². The minimum atomic E-state index is -0.780. The van der Waals surface area contributed by atoms with Gasteiger partial charge in [-0.25, -0.2) is 4.79 Å². The molecule has 0 aromatic carbocycles. The molecule has 0 bridgehead atoms. The topological polar surface area (TPSA) is 66.5 Å². The lowest BCUT2D eigenvalue weighted by molar-refractivity contribution is -0.144. The quantitative estimate of drug-likeness (QED) is 0.865. The molecule has 1 saturated heterocycles. The zero-order chi connectivity index (χ0) is 14.9. The minimum absolute atomic E-state index is 0.132. The SMILES string of the molecule is CCc1ccsc1CN1C(=O)NC(=O)C(C(C)C)C1=O. The van der Waals surface area contributed by atoms with Crippen molar-refractivity contribution >= 4 is 29.2 Å². The number of rotatable bonds is 4. The van der Waals surface area contributed by atoms with Crippen LogP contribution in [0, 0.1) is 11.8 Å². The third-order valence-corrected chi connectivity index (χ3v) is 4.42. The maximum absolute atomic E-state index is 12.4. The fraction of sp³-hybridized carbons (Fsp3) is 0.500. The molecule has 1 aliphatic heterocycles. The zero-order valence-electron chi connectivity index (χ0n) is 11.8. The van der Waals surface area contributed by atoms with Crippen LogP contribution in [0.5, 0.6) is 0 Å². The number of nitrogens with one attached hydrogen (secondary N) is 1. The molecular formula is C14H18N2O3S. The average Bonchev–Trinajstić information content (AvgIpc) is 2.80. The summed E-state index contributed by atoms with van der Waals surface area (Å²) < 4.78 is 0. The van der Waals surface area contributed by atoms with Gasteiger partial charge in [0.15, 0.2) is 0 Å². The Morgan fingerprint density at radius 1 is 1.35 bits per heavy atom. The third kappa shape index (κ3) is 2.60. The van der Waals surface area contributed by atoms with Crippen LogP contribution in [0.4, 0.5) is 4.79 Å². The molecule has 0 spiro atoms. The van der Waals surface area contributed by atoms with Crippen LogP contribution in [0.25, 0.3) is 0 Å². The standard InChI is InChI=1S/C14H18N2O3S/c1-4-9-5-6-20-10(9)7-16-13(18)11(8(2)3)12(17)15-14(16)19/h5-6,8,11H,4,7H2,1-3H3,(H,15,17,19). The highest BCUT2D eigenvalue weighted by Gasteiger charge is 2.42. The summed E-state index contributed by atoms with van der Waals surface area (Å²) in [4.78, 5) is 38.1. The van der Waals surface area contributed by atoms with E-state index in [4.69, 9.17) is 0 Å². The lowest BCUT2D eigenvalue weighted by Gasteiger charge is -2.31. The number of carbonyl (C=O) groups excluding carboxylic acids is 3. The van der Waals surface area contributed by atoms with Gasteiger partial charge in [0.2, 0.25) is 11.8 Å². The highest BCUT2D eigenvalue weighted by molar-refractivity contribution is 7.10. The molecule has 5 nitrogen and oxygen atoms in total. The van der Waals surface area contributed by atoms with E-state index in [0.29, 0.717) is 0 Å². The fourth-order valence-corrected chi connectivity index (χ4v) is 3.30. The minimum Gasteiger partial charge on any atom is -0.277 e. The molecule has 1 atom stereocenters. The molecule has 0 saturated carbocycles. The first-order chi connectivity index (χ1) is 9.45. The molecule has 2 rings (SSSR count). The number of hydrogen-bond acceptors (Lipinski definition) is 4. The van der Waals surface area contributed by atoms with Crippen LogP contribution < -0.4 is 5.32 Å². The molecule has 0 aliphatic carbocycles. The molecule has 6 heteroatoms. The molecule has 1 unspecified atom stereocenters. The molecule has 2 heterocycles. The highest BCUT2D eigenvalue weighted by atomic mass is 32.1. The van der Waals surface area contributed by atoms with Crippen molar-refractivity contribution in [3.8, 4) is 0 Å². The van der Waals surface area contributed by atoms with Gasteiger partial charge in [0.05, 0.1) is 6.54 Å². The molecule has 1 fully saturated rings. The van der Waals surface area contributed by atoms with Crippen molar-refractivity contribution in [1.82, 2.24) is 10.2 Å². The number of carbonyl (C=O) groups is 3. The number of urea groups is 1. The second-order valence-electron chi connectivity index (χ2n) is 5.16. The smallest absolute Gasteiger partial charge is 0.277 e. The van der Waals surface area contributed by atoms with Gasteiger partial charge in [-0.15, -0.1) is 11.3 Å². The maximum atomic E-state index is 12.4. The Morgan fingerprint density at radius 3 is 2.65 bits per heavy atom. The summed E-state index contributed by atoms with van der Waals surface area (Å²) in [5.41, 5.74) is 1.13. The van der Waals surface area contributed by atoms with Crippen molar-refractivity contribution in [2.45, 2.75) is 33.7 Å². The molecule has 1 aromatic heterocycles. The van der Waals surface area contributed by atoms with Crippen LogP contribution in [0.2, 0.25) is 0 Å². The predicted octanol–water partition coefficient (Wildman–Crippen LogP) is 2.16. The third-order valence-electron chi connectivity index (χ3n) is 3.48. The fourth-order valence-electron chi connectivity index (χ4n) is 2.33. The van der Waals surface area contributed by atoms with E-state index in [1.165, 1.54) is 11.3 Å². The number of thiophene rings is 1. The zero-order valence-corrected chi connectivity index (χ0v) is 12.6. The van der Waals surface area contributed by atoms with Crippen LogP contribution in [0.1, 0.15) is 31.2 Å². The number of imide groups is 2. The highest BCUT2D eigenvalue weighted by Crippen LogP contribution is 2.24. The van der Waals surface area contributed by atoms with E-state index in [2.05, 4.69) is 5.32 Å². The van der Waals surface area contributed by atoms with Gasteiger partial charge in [0.25, 0.3) is 0 Å². The van der Waals surface area contributed by atoms with Gasteiger partial charge in [-0.2, -0.15) is 0 Å². The first kappa shape index (κ1) is 14.7. The molecule has 1 aromatic rings. The number of hydrogen-bond donors (Lipinski definition) is 1.